The highest BCUT2D eigenvalue weighted by Gasteiger charge is 2.23. The number of fused-ring (bicyclic) bond motifs is 1. The molecular weight excluding hydrogens is 502 g/mol. The van der Waals surface area contributed by atoms with E-state index in [0.29, 0.717) is 28.4 Å². The lowest BCUT2D eigenvalue weighted by atomic mass is 9.88. The molecule has 4 rings (SSSR count). The number of nitrogens with one attached hydrogen (secondary N) is 3. The molecule has 0 bridgehead atoms. The van der Waals surface area contributed by atoms with Crippen molar-refractivity contribution < 1.29 is 4.79 Å². The minimum atomic E-state index is -0.441. The fourth-order valence-corrected chi connectivity index (χ4v) is 5.00. The van der Waals surface area contributed by atoms with Crippen LogP contribution in [0.4, 0.5) is 0 Å². The van der Waals surface area contributed by atoms with E-state index < -0.39 is 5.91 Å². The number of nitrogens with zero attached hydrogens (tertiary/aromatic N) is 1. The number of imidazole rings is 1. The van der Waals surface area contributed by atoms with E-state index in [9.17, 15) is 4.79 Å². The Balaban J connectivity index is 0.00000205. The largest absolute Gasteiger partial charge is 0.366 e. The second kappa shape index (κ2) is 14.2. The molecule has 6 nitrogen and oxygen atoms in total. The number of hydrogen-bond donors (Lipinski definition) is 4. The Kier molecular flexibility index (Phi) is 11.0. The normalized spacial score (nSPS) is 13.4. The molecule has 0 fully saturated rings. The minimum Gasteiger partial charge on any atom is -0.366 e. The van der Waals surface area contributed by atoms with Crippen molar-refractivity contribution in [2.75, 3.05) is 6.54 Å². The van der Waals surface area contributed by atoms with Crippen LogP contribution in [-0.4, -0.2) is 32.9 Å². The fraction of sp³-hybridized carbons (Fsp3) is 0.406. The van der Waals surface area contributed by atoms with Crippen LogP contribution in [-0.2, 0) is 19.3 Å². The molecule has 39 heavy (non-hydrogen) atoms. The van der Waals surface area contributed by atoms with Gasteiger partial charge in [-0.1, -0.05) is 64.1 Å². The van der Waals surface area contributed by atoms with Gasteiger partial charge >= 0.3 is 0 Å². The molecule has 0 saturated carbocycles. The summed E-state index contributed by atoms with van der Waals surface area (Å²) in [4.78, 5) is 22.6. The number of pyridine rings is 1. The summed E-state index contributed by atoms with van der Waals surface area (Å²) in [6.45, 7) is 11.8. The topological polar surface area (TPSA) is 99.6 Å². The van der Waals surface area contributed by atoms with E-state index in [4.69, 9.17) is 18.0 Å². The predicted octanol–water partition coefficient (Wildman–Crippen LogP) is 6.91. The summed E-state index contributed by atoms with van der Waals surface area (Å²) in [5.74, 6) is 0.104. The van der Waals surface area contributed by atoms with Gasteiger partial charge in [0.15, 0.2) is 4.77 Å². The van der Waals surface area contributed by atoms with Crippen molar-refractivity contribution in [1.82, 2.24) is 20.3 Å². The maximum Gasteiger partial charge on any atom is 0.250 e. The molecule has 4 aromatic rings. The third-order valence-corrected chi connectivity index (χ3v) is 7.55. The molecule has 2 atom stereocenters. The molecule has 208 valence electrons. The summed E-state index contributed by atoms with van der Waals surface area (Å²) in [6, 6.07) is 18.4. The molecule has 5 N–H and O–H groups in total. The number of aromatic nitrogens is 3. The van der Waals surface area contributed by atoms with Crippen LogP contribution in [0.5, 0.6) is 0 Å². The van der Waals surface area contributed by atoms with Crippen LogP contribution >= 0.6 is 12.2 Å². The number of nitrogens with two attached hydrogens (primary N) is 1. The molecule has 2 heterocycles. The highest BCUT2D eigenvalue weighted by molar-refractivity contribution is 7.71. The first-order chi connectivity index (χ1) is 18.8. The fourth-order valence-electron chi connectivity index (χ4n) is 4.79. The SMILES string of the molecule is CC.CCC(C)(Cc1ccc(Cc2ncccc2C(N)=O)cc1)NCC(C)CCc1cccc2[nH]c(=S)[nH]c12. The van der Waals surface area contributed by atoms with Gasteiger partial charge in [0.2, 0.25) is 0 Å². The number of benzene rings is 2. The lowest BCUT2D eigenvalue weighted by molar-refractivity contribution is 0.0999. The van der Waals surface area contributed by atoms with E-state index in [1.807, 2.05) is 13.8 Å². The second-order valence-electron chi connectivity index (χ2n) is 10.4. The zero-order chi connectivity index (χ0) is 28.4. The van der Waals surface area contributed by atoms with E-state index in [0.717, 1.165) is 48.8 Å². The Labute approximate surface area is 237 Å². The van der Waals surface area contributed by atoms with Crippen molar-refractivity contribution >= 4 is 29.2 Å². The molecule has 2 aromatic heterocycles. The van der Waals surface area contributed by atoms with E-state index >= 15 is 0 Å². The third kappa shape index (κ3) is 8.35. The number of primary amides is 1. The van der Waals surface area contributed by atoms with Crippen LogP contribution in [0.2, 0.25) is 0 Å². The Morgan fingerprint density at radius 2 is 1.79 bits per heavy atom. The van der Waals surface area contributed by atoms with Crippen molar-refractivity contribution in [3.63, 3.8) is 0 Å². The standard InChI is InChI=1S/C30H37N5OS.C2H6/c1-4-30(3,33-19-20(2)10-15-23-7-5-9-25-27(23)35-29(37)34-25)18-22-13-11-21(12-14-22)17-26-24(28(31)36)8-6-16-32-26;1-2/h5-9,11-14,16,20,33H,4,10,15,17-19H2,1-3H3,(H2,31,36)(H2,34,35,37);1-2H3. The van der Waals surface area contributed by atoms with Crippen LogP contribution in [0.1, 0.15) is 80.2 Å². The predicted molar refractivity (Wildman–Crippen MR) is 165 cm³/mol. The molecule has 0 aliphatic rings. The van der Waals surface area contributed by atoms with Gasteiger partial charge in [0.1, 0.15) is 0 Å². The van der Waals surface area contributed by atoms with Crippen LogP contribution in [0.15, 0.2) is 60.8 Å². The summed E-state index contributed by atoms with van der Waals surface area (Å²) >= 11 is 5.27. The van der Waals surface area contributed by atoms with Gasteiger partial charge in [0, 0.05) is 18.2 Å². The van der Waals surface area contributed by atoms with Crippen LogP contribution in [0.3, 0.4) is 0 Å². The molecule has 0 radical (unpaired) electrons. The lowest BCUT2D eigenvalue weighted by Crippen LogP contribution is -2.45. The molecule has 0 spiro atoms. The molecule has 2 aromatic carbocycles. The molecule has 2 unspecified atom stereocenters. The smallest absolute Gasteiger partial charge is 0.250 e. The number of aromatic amines is 2. The number of rotatable bonds is 12. The number of amides is 1. The van der Waals surface area contributed by atoms with Crippen molar-refractivity contribution in [3.8, 4) is 0 Å². The van der Waals surface area contributed by atoms with Crippen LogP contribution < -0.4 is 11.1 Å². The van der Waals surface area contributed by atoms with Crippen molar-refractivity contribution in [3.05, 3.63) is 93.5 Å². The quantitative estimate of drug-likeness (QED) is 0.145. The zero-order valence-corrected chi connectivity index (χ0v) is 24.8. The van der Waals surface area contributed by atoms with Gasteiger partial charge < -0.3 is 21.0 Å². The van der Waals surface area contributed by atoms with E-state index in [-0.39, 0.29) is 5.54 Å². The van der Waals surface area contributed by atoms with Crippen LogP contribution in [0.25, 0.3) is 11.0 Å². The first-order valence-electron chi connectivity index (χ1n) is 14.0. The molecule has 7 heteroatoms. The van der Waals surface area contributed by atoms with Gasteiger partial charge in [-0.3, -0.25) is 9.78 Å². The van der Waals surface area contributed by atoms with E-state index in [2.05, 4.69) is 83.5 Å². The molecule has 0 aliphatic carbocycles. The van der Waals surface area contributed by atoms with Gasteiger partial charge in [0.05, 0.1) is 22.3 Å². The van der Waals surface area contributed by atoms with Crippen LogP contribution in [0, 0.1) is 10.7 Å². The first-order valence-corrected chi connectivity index (χ1v) is 14.4. The molecule has 0 saturated heterocycles. The van der Waals surface area contributed by atoms with E-state index in [1.54, 1.807) is 18.3 Å². The number of H-pyrrole nitrogens is 2. The Morgan fingerprint density at radius 3 is 2.49 bits per heavy atom. The van der Waals surface area contributed by atoms with Gasteiger partial charge in [-0.15, -0.1) is 0 Å². The Hall–Kier alpha value is -3.29. The van der Waals surface area contributed by atoms with Gasteiger partial charge in [-0.2, -0.15) is 0 Å². The average Bonchev–Trinajstić information content (AvgIpc) is 3.34. The Morgan fingerprint density at radius 1 is 1.08 bits per heavy atom. The number of aryl methyl sites for hydroxylation is 1. The van der Waals surface area contributed by atoms with Gasteiger partial charge in [-0.05, 0) is 92.2 Å². The molecule has 0 aliphatic heterocycles. The summed E-state index contributed by atoms with van der Waals surface area (Å²) in [5, 5.41) is 3.85. The first kappa shape index (κ1) is 30.3. The molecule has 1 amide bonds. The third-order valence-electron chi connectivity index (χ3n) is 7.35. The summed E-state index contributed by atoms with van der Waals surface area (Å²) < 4.78 is 0.677. The number of para-hydroxylation sites is 1. The van der Waals surface area contributed by atoms with Gasteiger partial charge in [-0.25, -0.2) is 0 Å². The number of hydrogen-bond acceptors (Lipinski definition) is 4. The minimum absolute atomic E-state index is 0.0154. The van der Waals surface area contributed by atoms with Crippen molar-refractivity contribution in [2.24, 2.45) is 11.7 Å². The summed E-state index contributed by atoms with van der Waals surface area (Å²) in [5.41, 5.74) is 12.6. The maximum absolute atomic E-state index is 11.7. The zero-order valence-electron chi connectivity index (χ0n) is 23.9. The van der Waals surface area contributed by atoms with E-state index in [1.165, 1.54) is 11.1 Å². The highest BCUT2D eigenvalue weighted by Crippen LogP contribution is 2.22. The average molecular weight is 546 g/mol. The van der Waals surface area contributed by atoms with Gasteiger partial charge in [0.25, 0.3) is 5.91 Å². The Bertz CT molecular complexity index is 1410. The van der Waals surface area contributed by atoms with Crippen molar-refractivity contribution in [1.29, 1.82) is 0 Å². The molecular formula is C32H43N5OS. The summed E-state index contributed by atoms with van der Waals surface area (Å²) in [6.07, 6.45) is 6.39. The number of carbonyl (C=O) groups excluding carboxylic acids is 1. The highest BCUT2D eigenvalue weighted by atomic mass is 32.1. The number of carbonyl (C=O) groups is 1. The monoisotopic (exact) mass is 545 g/mol. The second-order valence-corrected chi connectivity index (χ2v) is 10.8. The van der Waals surface area contributed by atoms with Crippen molar-refractivity contribution in [2.45, 2.75) is 72.3 Å². The maximum atomic E-state index is 11.7. The summed E-state index contributed by atoms with van der Waals surface area (Å²) in [7, 11) is 0. The lowest BCUT2D eigenvalue weighted by Gasteiger charge is -2.32.